The summed E-state index contributed by atoms with van der Waals surface area (Å²) >= 11 is 30.6. The Hall–Kier alpha value is -8.33. The summed E-state index contributed by atoms with van der Waals surface area (Å²) in [4.78, 5) is 119. The molecule has 0 radical (unpaired) electrons. The van der Waals surface area contributed by atoms with Crippen molar-refractivity contribution in [2.75, 3.05) is 48.6 Å². The van der Waals surface area contributed by atoms with Gasteiger partial charge in [-0.15, -0.1) is 47.3 Å². The van der Waals surface area contributed by atoms with E-state index in [-0.39, 0.29) is 72.0 Å². The van der Waals surface area contributed by atoms with Gasteiger partial charge in [0.25, 0.3) is 0 Å². The third-order valence-corrected chi connectivity index (χ3v) is 15.3. The number of benzene rings is 2. The number of nitrogens with one attached hydrogen (secondary N) is 4. The van der Waals surface area contributed by atoms with E-state index in [0.717, 1.165) is 41.8 Å². The van der Waals surface area contributed by atoms with Gasteiger partial charge in [-0.3, -0.25) is 4.79 Å². The number of aromatic nitrogens is 6. The van der Waals surface area contributed by atoms with E-state index in [1.807, 2.05) is 62.3 Å². The number of fused-ring (bicyclic) bond motifs is 2. The average molecular weight is 1900 g/mol. The maximum atomic E-state index is 12.2. The predicted molar refractivity (Wildman–Crippen MR) is 443 cm³/mol. The quantitative estimate of drug-likeness (QED) is 0.00787. The Morgan fingerprint density at radius 2 is 0.991 bits per heavy atom. The molecule has 42 heteroatoms. The summed E-state index contributed by atoms with van der Waals surface area (Å²) in [5.74, 6) is 0.609. The molecular formula is C74H110Cl5CuIN15O20. The molecular weight excluding hydrogens is 1790 g/mol. The number of carbonyl (C=O) groups is 10. The number of azide groups is 1. The van der Waals surface area contributed by atoms with Gasteiger partial charge in [0.1, 0.15) is 46.6 Å². The van der Waals surface area contributed by atoms with Crippen molar-refractivity contribution in [3.8, 4) is 24.7 Å². The van der Waals surface area contributed by atoms with Gasteiger partial charge in [-0.1, -0.05) is 75.8 Å². The molecule has 0 bridgehead atoms. The molecule has 654 valence electrons. The molecule has 116 heavy (non-hydrogen) atoms. The molecule has 4 heterocycles. The Balaban J connectivity index is -0.00000130. The minimum atomic E-state index is -1.18. The molecule has 4 atom stereocenters. The summed E-state index contributed by atoms with van der Waals surface area (Å²) in [7, 11) is 6.39. The summed E-state index contributed by atoms with van der Waals surface area (Å²) in [5, 5.41) is 39.3. The van der Waals surface area contributed by atoms with Crippen molar-refractivity contribution in [1.29, 1.82) is 0 Å². The van der Waals surface area contributed by atoms with Crippen LogP contribution >= 0.6 is 79.2 Å². The Morgan fingerprint density at radius 1 is 0.612 bits per heavy atom. The summed E-state index contributed by atoms with van der Waals surface area (Å²) in [5.41, 5.74) is 16.2. The van der Waals surface area contributed by atoms with Crippen LogP contribution in [0, 0.1) is 24.7 Å². The predicted octanol–water partition coefficient (Wildman–Crippen LogP) is 12.9. The molecule has 0 saturated heterocycles. The molecule has 6 rings (SSSR count). The Labute approximate surface area is 723 Å². The molecule has 7 N–H and O–H groups in total. The number of alkyl carbamates (subject to hydrolysis) is 3. The van der Waals surface area contributed by atoms with Gasteiger partial charge in [0.15, 0.2) is 0 Å². The summed E-state index contributed by atoms with van der Waals surface area (Å²) in [6.07, 6.45) is 12.8. The van der Waals surface area contributed by atoms with Crippen LogP contribution in [0.15, 0.2) is 29.6 Å². The van der Waals surface area contributed by atoms with Crippen LogP contribution < -0.4 is 27.0 Å². The normalized spacial score (nSPS) is 12.7. The number of nitrogens with zero attached hydrogens (tertiary/aromatic N) is 10. The Morgan fingerprint density at radius 3 is 1.34 bits per heavy atom. The monoisotopic (exact) mass is 1890 g/mol. The van der Waals surface area contributed by atoms with Crippen molar-refractivity contribution in [2.45, 2.75) is 241 Å². The fraction of sp³-hybridized carbons (Fsp3) is 0.595. The number of carboxylic acid groups (broad SMARTS) is 1. The summed E-state index contributed by atoms with van der Waals surface area (Å²) < 4.78 is 46.9. The number of carbonyl (C=O) groups excluding carboxylic acids is 9. The van der Waals surface area contributed by atoms with Gasteiger partial charge in [0.2, 0.25) is 0 Å². The zero-order valence-corrected chi connectivity index (χ0v) is 76.4. The number of nitrogens with two attached hydrogens (primary N) is 1. The average Bonchev–Trinajstić information content (AvgIpc) is 0.925. The van der Waals surface area contributed by atoms with E-state index in [4.69, 9.17) is 104 Å². The number of aliphatic carboxylic acids is 1. The maximum absolute atomic E-state index is 12.2. The van der Waals surface area contributed by atoms with Gasteiger partial charge in [-0.05, 0) is 170 Å². The molecule has 0 unspecified atom stereocenters. The molecule has 4 amide bonds. The molecule has 4 aromatic rings. The van der Waals surface area contributed by atoms with Crippen LogP contribution in [-0.4, -0.2) is 201 Å². The third-order valence-electron chi connectivity index (χ3n) is 13.9. The summed E-state index contributed by atoms with van der Waals surface area (Å²) in [6.45, 7) is 34.9. The number of ether oxygens (including phenoxy) is 9. The zero-order chi connectivity index (χ0) is 89.2. The Bertz CT molecular complexity index is 3990. The van der Waals surface area contributed by atoms with Crippen LogP contribution in [0.5, 0.6) is 0 Å². The minimum absolute atomic E-state index is 0. The summed E-state index contributed by atoms with van der Waals surface area (Å²) in [6, 6.07) is 0.429. The van der Waals surface area contributed by atoms with E-state index in [0.29, 0.717) is 52.4 Å². The number of methoxy groups -OCH3 is 5. The topological polar surface area (TPSA) is 462 Å². The van der Waals surface area contributed by atoms with E-state index < -0.39 is 101 Å². The first-order valence-corrected chi connectivity index (χ1v) is 39.7. The number of amides is 4. The van der Waals surface area contributed by atoms with Gasteiger partial charge >= 0.3 is 93.3 Å². The van der Waals surface area contributed by atoms with E-state index >= 15 is 0 Å². The fourth-order valence-electron chi connectivity index (χ4n) is 8.83. The number of halogens is 6. The second-order valence-electron chi connectivity index (χ2n) is 29.1. The van der Waals surface area contributed by atoms with Crippen molar-refractivity contribution in [3.63, 3.8) is 0 Å². The van der Waals surface area contributed by atoms with Crippen LogP contribution in [0.25, 0.3) is 10.4 Å². The molecule has 0 aliphatic carbocycles. The second-order valence-corrected chi connectivity index (χ2v) is 30.7. The van der Waals surface area contributed by atoms with Gasteiger partial charge in [-0.25, -0.2) is 52.5 Å². The second kappa shape index (κ2) is 55.4. The van der Waals surface area contributed by atoms with Gasteiger partial charge in [-0.2, -0.15) is 0 Å². The fourth-order valence-corrected chi connectivity index (χ4v) is 10.3. The van der Waals surface area contributed by atoms with Crippen molar-refractivity contribution >= 4 is 139 Å². The van der Waals surface area contributed by atoms with Crippen LogP contribution in [0.3, 0.4) is 0 Å². The van der Waals surface area contributed by atoms with Gasteiger partial charge in [0.05, 0.1) is 78.2 Å². The molecule has 2 aliphatic heterocycles. The SMILES string of the molecule is C#CC[C@H](NC(=O)OC(C)(C)C)C(=O)O.C#CC[C@H](NC(=O)OC(C)(C)C)C(=O)OC.CC(C)N=[N+]=[N-].COC(=O)[C@@H](N)Cc1cn(C(C)C)nn1.COC(=O)[C@H](Cc1cn(C(C)C)nn1)NC(=O)OC(C)(C)C.COC(=O)c1c(Cl)cc2c(c1Cl)CCN(C(=O)OC(C)(C)C)C2.COC(=O)c1c(Cl)cc2c(c1Cl)CCNC2.Cl.[Cu][I]. The third kappa shape index (κ3) is 44.8. The first kappa shape index (κ1) is 112. The van der Waals surface area contributed by atoms with Crippen LogP contribution in [0.2, 0.25) is 20.1 Å². The zero-order valence-electron chi connectivity index (χ0n) is 69.4. The molecule has 2 aromatic heterocycles. The van der Waals surface area contributed by atoms with E-state index in [1.54, 1.807) is 121 Å². The number of terminal acetylenes is 2. The molecule has 0 spiro atoms. The van der Waals surface area contributed by atoms with Crippen LogP contribution in [0.4, 0.5) is 19.2 Å². The van der Waals surface area contributed by atoms with Crippen molar-refractivity contribution in [2.24, 2.45) is 10.8 Å². The van der Waals surface area contributed by atoms with Crippen molar-refractivity contribution in [3.05, 3.63) is 99.8 Å². The van der Waals surface area contributed by atoms with Crippen LogP contribution in [-0.2, 0) is 113 Å². The van der Waals surface area contributed by atoms with Gasteiger partial charge in [0, 0.05) is 80.7 Å². The number of carboxylic acids is 1. The first-order valence-electron chi connectivity index (χ1n) is 35.2. The van der Waals surface area contributed by atoms with Crippen molar-refractivity contribution < 1.29 is 108 Å². The Kier molecular flexibility index (Phi) is 53.4. The molecule has 0 saturated carbocycles. The molecule has 2 aliphatic rings. The van der Waals surface area contributed by atoms with Crippen molar-refractivity contribution in [1.82, 2.24) is 56.2 Å². The molecule has 0 fully saturated rings. The number of rotatable bonds is 18. The van der Waals surface area contributed by atoms with Crippen LogP contribution in [0.1, 0.15) is 204 Å². The number of esters is 5. The molecule has 35 nitrogen and oxygen atoms in total. The van der Waals surface area contributed by atoms with Gasteiger partial charge < -0.3 is 79.6 Å². The molecule has 2 aromatic carbocycles. The van der Waals surface area contributed by atoms with E-state index in [2.05, 4.69) is 90.7 Å². The van der Waals surface area contributed by atoms with E-state index in [1.165, 1.54) is 35.5 Å². The first-order chi connectivity index (χ1) is 53.3. The number of hydrogen-bond acceptors (Lipinski definition) is 26. The standard InChI is InChI=1S/C16H19Cl2NO4.C14H24N4O4.C11H11Cl2NO2.C11H17NO4.C10H15NO4.C9H16N4O2.C3H7N3.ClH.Cu.HI/c1-16(2,3)23-15(21)19-6-5-10-9(8-19)7-11(17)12(13(10)18)14(20)22-4;1-9(2)18-8-10(16-17-18)7-11(12(19)21-6)15-13(20)22-14(3,4)5;1-16-11(15)9-8(12)4-6-5-14-3-2-7(6)10(9)13;1-6-7-8(9(13)15-5)12-10(14)16-11(2,3)4;1-5-6-7(8(12)13)11-9(14)15-10(2,3)4;1-6(2)13-5-7(11-12-13)4-8(10)9(14)15-3;1-3(2)5-6-4;;;/h7H,5-6,8H2,1-4H3;8-9,11H,7H2,1-6H3,(H,15,20);4,14H,2-3,5H2,1H3;1,8H,7H2,2-5H3,(H,12,14);1,7H,6H2,2-4H3,(H,11,14)(H,12,13);5-6,8H,4,10H2,1-3H3;3H,1-2H3;1H;;1H/q;;;;;;;;+1;/p-1/t;11-;;8-;7-;8-;;;;/m.0.000..../s1. The number of hydrogen-bond donors (Lipinski definition) is 6. The van der Waals surface area contributed by atoms with E-state index in [9.17, 15) is 47.9 Å².